The zero-order valence-corrected chi connectivity index (χ0v) is 11.2. The van der Waals surface area contributed by atoms with Crippen LogP contribution in [0.5, 0.6) is 5.75 Å². The van der Waals surface area contributed by atoms with E-state index in [1.54, 1.807) is 7.11 Å². The zero-order valence-electron chi connectivity index (χ0n) is 11.2. The highest BCUT2D eigenvalue weighted by Crippen LogP contribution is 2.26. The molecule has 1 aromatic rings. The summed E-state index contributed by atoms with van der Waals surface area (Å²) in [5, 5.41) is 12.8. The average molecular weight is 237 g/mol. The normalized spacial score (nSPS) is 12.8. The Morgan fingerprint density at radius 3 is 2.53 bits per heavy atom. The summed E-state index contributed by atoms with van der Waals surface area (Å²) in [7, 11) is 1.66. The largest absolute Gasteiger partial charge is 0.496 e. The summed E-state index contributed by atoms with van der Waals surface area (Å²) in [6, 6.07) is 6.39. The molecule has 0 aliphatic carbocycles. The van der Waals surface area contributed by atoms with Gasteiger partial charge in [-0.2, -0.15) is 0 Å². The summed E-state index contributed by atoms with van der Waals surface area (Å²) in [6.07, 6.45) is 0.983. The molecular weight excluding hydrogens is 214 g/mol. The van der Waals surface area contributed by atoms with Crippen molar-refractivity contribution in [2.75, 3.05) is 13.7 Å². The van der Waals surface area contributed by atoms with Crippen LogP contribution in [-0.2, 0) is 6.42 Å². The molecule has 0 aliphatic heterocycles. The van der Waals surface area contributed by atoms with Crippen LogP contribution in [0.15, 0.2) is 18.2 Å². The molecule has 2 N–H and O–H groups in total. The van der Waals surface area contributed by atoms with E-state index in [1.807, 2.05) is 6.07 Å². The average Bonchev–Trinajstić information content (AvgIpc) is 2.34. The smallest absolute Gasteiger partial charge is 0.123 e. The highest BCUT2D eigenvalue weighted by atomic mass is 16.5. The third kappa shape index (κ3) is 3.72. The predicted molar refractivity (Wildman–Crippen MR) is 70.5 cm³/mol. The number of rotatable bonds is 6. The number of hydrogen-bond donors (Lipinski definition) is 2. The Labute approximate surface area is 104 Å². The summed E-state index contributed by atoms with van der Waals surface area (Å²) in [5.74, 6) is 0.828. The Balaban J connectivity index is 3.05. The number of aryl methyl sites for hydroxylation is 1. The van der Waals surface area contributed by atoms with E-state index in [2.05, 4.69) is 38.2 Å². The van der Waals surface area contributed by atoms with Crippen molar-refractivity contribution < 1.29 is 9.84 Å². The first-order valence-corrected chi connectivity index (χ1v) is 6.16. The first-order chi connectivity index (χ1) is 8.12. The van der Waals surface area contributed by atoms with E-state index >= 15 is 0 Å². The molecule has 0 saturated carbocycles. The molecule has 0 aromatic heterocycles. The number of methoxy groups -OCH3 is 1. The van der Waals surface area contributed by atoms with Crippen LogP contribution in [0.4, 0.5) is 0 Å². The van der Waals surface area contributed by atoms with Gasteiger partial charge in [0.2, 0.25) is 0 Å². The topological polar surface area (TPSA) is 41.5 Å². The van der Waals surface area contributed by atoms with Crippen LogP contribution in [-0.4, -0.2) is 24.9 Å². The van der Waals surface area contributed by atoms with Crippen molar-refractivity contribution in [1.29, 1.82) is 0 Å². The second kappa shape index (κ2) is 6.62. The lowest BCUT2D eigenvalue weighted by atomic mass is 10.0. The highest BCUT2D eigenvalue weighted by Gasteiger charge is 2.16. The summed E-state index contributed by atoms with van der Waals surface area (Å²) < 4.78 is 5.36. The molecule has 0 aliphatic rings. The minimum atomic E-state index is -0.0727. The van der Waals surface area contributed by atoms with Gasteiger partial charge < -0.3 is 15.2 Å². The lowest BCUT2D eigenvalue weighted by Crippen LogP contribution is -2.30. The van der Waals surface area contributed by atoms with E-state index < -0.39 is 0 Å². The van der Waals surface area contributed by atoms with E-state index in [4.69, 9.17) is 4.74 Å². The van der Waals surface area contributed by atoms with Gasteiger partial charge in [0, 0.05) is 11.6 Å². The molecule has 3 nitrogen and oxygen atoms in total. The number of aliphatic hydroxyl groups is 1. The van der Waals surface area contributed by atoms with Gasteiger partial charge in [0.25, 0.3) is 0 Å². The Bertz CT molecular complexity index is 350. The van der Waals surface area contributed by atoms with Crippen molar-refractivity contribution in [2.24, 2.45) is 0 Å². The second-order valence-electron chi connectivity index (χ2n) is 4.49. The van der Waals surface area contributed by atoms with Gasteiger partial charge in [0.15, 0.2) is 0 Å². The highest BCUT2D eigenvalue weighted by molar-refractivity contribution is 5.39. The molecule has 96 valence electrons. The van der Waals surface area contributed by atoms with E-state index in [0.717, 1.165) is 17.7 Å². The fourth-order valence-corrected chi connectivity index (χ4v) is 1.92. The first-order valence-electron chi connectivity index (χ1n) is 6.16. The Kier molecular flexibility index (Phi) is 5.45. The Morgan fingerprint density at radius 2 is 2.06 bits per heavy atom. The van der Waals surface area contributed by atoms with Crippen molar-refractivity contribution in [2.45, 2.75) is 39.3 Å². The molecule has 0 radical (unpaired) electrons. The van der Waals surface area contributed by atoms with Crippen molar-refractivity contribution >= 4 is 0 Å². The number of hydrogen-bond acceptors (Lipinski definition) is 3. The van der Waals surface area contributed by atoms with Crippen molar-refractivity contribution in [3.05, 3.63) is 29.3 Å². The van der Waals surface area contributed by atoms with Crippen molar-refractivity contribution in [3.63, 3.8) is 0 Å². The lowest BCUT2D eigenvalue weighted by molar-refractivity contribution is 0.234. The maximum atomic E-state index is 9.49. The van der Waals surface area contributed by atoms with Gasteiger partial charge in [0.1, 0.15) is 5.75 Å². The molecule has 0 saturated heterocycles. The number of aliphatic hydroxyl groups excluding tert-OH is 1. The molecule has 1 aromatic carbocycles. The number of ether oxygens (including phenoxy) is 1. The number of benzene rings is 1. The quantitative estimate of drug-likeness (QED) is 0.797. The minimum absolute atomic E-state index is 0.0711. The SMILES string of the molecule is CCc1ccc(OC)c(C(CO)NC(C)C)c1. The van der Waals surface area contributed by atoms with Crippen LogP contribution < -0.4 is 10.1 Å². The molecule has 0 amide bonds. The van der Waals surface area contributed by atoms with Crippen LogP contribution in [0, 0.1) is 0 Å². The van der Waals surface area contributed by atoms with Crippen molar-refractivity contribution in [3.8, 4) is 5.75 Å². The van der Waals surface area contributed by atoms with Crippen LogP contribution in [0.3, 0.4) is 0 Å². The Hall–Kier alpha value is -1.06. The maximum absolute atomic E-state index is 9.49. The molecule has 0 spiro atoms. The van der Waals surface area contributed by atoms with E-state index in [9.17, 15) is 5.11 Å². The van der Waals surface area contributed by atoms with E-state index in [-0.39, 0.29) is 12.6 Å². The van der Waals surface area contributed by atoms with Gasteiger partial charge in [-0.05, 0) is 18.1 Å². The third-order valence-corrected chi connectivity index (χ3v) is 2.79. The molecule has 1 atom stereocenters. The molecule has 17 heavy (non-hydrogen) atoms. The maximum Gasteiger partial charge on any atom is 0.123 e. The van der Waals surface area contributed by atoms with Gasteiger partial charge in [-0.1, -0.05) is 32.9 Å². The lowest BCUT2D eigenvalue weighted by Gasteiger charge is -2.22. The molecular formula is C14H23NO2. The first kappa shape index (κ1) is 14.0. The zero-order chi connectivity index (χ0) is 12.8. The number of nitrogens with one attached hydrogen (secondary N) is 1. The van der Waals surface area contributed by atoms with E-state index in [0.29, 0.717) is 6.04 Å². The van der Waals surface area contributed by atoms with Crippen LogP contribution in [0.25, 0.3) is 0 Å². The molecule has 0 fully saturated rings. The molecule has 0 heterocycles. The van der Waals surface area contributed by atoms with Crippen LogP contribution in [0.1, 0.15) is 37.9 Å². The third-order valence-electron chi connectivity index (χ3n) is 2.79. The fraction of sp³-hybridized carbons (Fsp3) is 0.571. The molecule has 0 bridgehead atoms. The van der Waals surface area contributed by atoms with Gasteiger partial charge in [-0.3, -0.25) is 0 Å². The van der Waals surface area contributed by atoms with Gasteiger partial charge in [-0.15, -0.1) is 0 Å². The second-order valence-corrected chi connectivity index (χ2v) is 4.49. The molecule has 3 heteroatoms. The van der Waals surface area contributed by atoms with E-state index in [1.165, 1.54) is 5.56 Å². The molecule has 1 rings (SSSR count). The van der Waals surface area contributed by atoms with Crippen LogP contribution in [0.2, 0.25) is 0 Å². The monoisotopic (exact) mass is 237 g/mol. The molecule has 1 unspecified atom stereocenters. The van der Waals surface area contributed by atoms with Crippen molar-refractivity contribution in [1.82, 2.24) is 5.32 Å². The predicted octanol–water partition coefficient (Wildman–Crippen LogP) is 2.29. The fourth-order valence-electron chi connectivity index (χ4n) is 1.92. The van der Waals surface area contributed by atoms with Crippen LogP contribution >= 0.6 is 0 Å². The standard InChI is InChI=1S/C14H23NO2/c1-5-11-6-7-14(17-4)12(8-11)13(9-16)15-10(2)3/h6-8,10,13,15-16H,5,9H2,1-4H3. The summed E-state index contributed by atoms with van der Waals surface area (Å²) in [4.78, 5) is 0. The summed E-state index contributed by atoms with van der Waals surface area (Å²) in [5.41, 5.74) is 2.29. The van der Waals surface area contributed by atoms with Gasteiger partial charge in [0.05, 0.1) is 19.8 Å². The Morgan fingerprint density at radius 1 is 1.35 bits per heavy atom. The van der Waals surface area contributed by atoms with Gasteiger partial charge in [-0.25, -0.2) is 0 Å². The van der Waals surface area contributed by atoms with Gasteiger partial charge >= 0.3 is 0 Å². The summed E-state index contributed by atoms with van der Waals surface area (Å²) in [6.45, 7) is 6.33. The minimum Gasteiger partial charge on any atom is -0.496 e. The summed E-state index contributed by atoms with van der Waals surface area (Å²) >= 11 is 0.